The van der Waals surface area contributed by atoms with Gasteiger partial charge in [-0.05, 0) is 25.0 Å². The van der Waals surface area contributed by atoms with Crippen LogP contribution in [-0.2, 0) is 16.4 Å². The molecule has 1 aromatic carbocycles. The molecule has 1 aliphatic rings. The fourth-order valence-electron chi connectivity index (χ4n) is 2.53. The second-order valence-corrected chi connectivity index (χ2v) is 6.77. The van der Waals surface area contributed by atoms with Crippen molar-refractivity contribution < 1.29 is 22.7 Å². The minimum Gasteiger partial charge on any atom is -0.495 e. The van der Waals surface area contributed by atoms with Gasteiger partial charge in [0.05, 0.1) is 13.7 Å². The van der Waals surface area contributed by atoms with E-state index in [-0.39, 0.29) is 22.0 Å². The largest absolute Gasteiger partial charge is 0.495 e. The van der Waals surface area contributed by atoms with E-state index in [1.807, 2.05) is 6.92 Å². The molecule has 1 heterocycles. The van der Waals surface area contributed by atoms with Gasteiger partial charge in [0.1, 0.15) is 28.0 Å². The number of carbonyl (C=O) groups excluding carboxylic acids is 1. The molecule has 0 N–H and O–H groups in total. The summed E-state index contributed by atoms with van der Waals surface area (Å²) in [6.07, 6.45) is 1.41. The molecular weight excluding hydrogens is 330 g/mol. The smallest absolute Gasteiger partial charge is 0.274 e. The van der Waals surface area contributed by atoms with E-state index in [2.05, 4.69) is 0 Å². The predicted octanol–water partition coefficient (Wildman–Crippen LogP) is 2.39. The normalized spacial score (nSPS) is 15.8. The monoisotopic (exact) mass is 347 g/mol. The van der Waals surface area contributed by atoms with E-state index in [1.54, 1.807) is 13.0 Å². The Hall–Kier alpha value is -1.47. The molecule has 0 saturated heterocycles. The minimum atomic E-state index is -4.02. The maximum atomic E-state index is 12.6. The van der Waals surface area contributed by atoms with Gasteiger partial charge in [-0.2, -0.15) is 0 Å². The third kappa shape index (κ3) is 2.42. The lowest BCUT2D eigenvalue weighted by Gasteiger charge is -2.15. The van der Waals surface area contributed by atoms with Crippen molar-refractivity contribution in [2.75, 3.05) is 19.7 Å². The van der Waals surface area contributed by atoms with E-state index in [0.29, 0.717) is 22.9 Å². The number of hydrogen-bond acceptors (Lipinski definition) is 5. The van der Waals surface area contributed by atoms with E-state index < -0.39 is 21.9 Å². The van der Waals surface area contributed by atoms with Gasteiger partial charge in [0.25, 0.3) is 15.9 Å². The minimum absolute atomic E-state index is 0.000738. The molecule has 0 spiro atoms. The number of carbonyl (C=O) groups is 1. The Morgan fingerprint density at radius 1 is 1.32 bits per heavy atom. The van der Waals surface area contributed by atoms with Crippen molar-refractivity contribution in [1.29, 1.82) is 0 Å². The molecule has 0 bridgehead atoms. The Kier molecular flexibility index (Phi) is 4.87. The lowest BCUT2D eigenvalue weighted by atomic mass is 10.0. The summed E-state index contributed by atoms with van der Waals surface area (Å²) < 4.78 is 36.6. The highest BCUT2D eigenvalue weighted by atomic mass is 35.5. The highest BCUT2D eigenvalue weighted by Crippen LogP contribution is 2.45. The Morgan fingerprint density at radius 3 is 2.50 bits per heavy atom. The highest BCUT2D eigenvalue weighted by Gasteiger charge is 2.46. The van der Waals surface area contributed by atoms with Crippen LogP contribution in [0, 0.1) is 0 Å². The number of sulfonamides is 1. The lowest BCUT2D eigenvalue weighted by Crippen LogP contribution is -2.28. The molecule has 6 nitrogen and oxygen atoms in total. The second kappa shape index (κ2) is 6.34. The molecular formula is C14H18ClNO5S. The number of amides is 1. The zero-order valence-corrected chi connectivity index (χ0v) is 14.3. The molecule has 1 amide bonds. The van der Waals surface area contributed by atoms with E-state index in [4.69, 9.17) is 21.1 Å². The van der Waals surface area contributed by atoms with Gasteiger partial charge in [0, 0.05) is 0 Å². The molecule has 0 aromatic heterocycles. The standard InChI is InChI=1S/C14H18ClNO5S/c1-4-6-9-7-10(21-5-2)11-13(12(9)20-3)22(18,19)16(8-15)14(11)17/h7H,4-6,8H2,1-3H3. The Balaban J connectivity index is 2.84. The van der Waals surface area contributed by atoms with Crippen molar-refractivity contribution in [2.24, 2.45) is 0 Å². The van der Waals surface area contributed by atoms with Crippen LogP contribution >= 0.6 is 11.6 Å². The fraction of sp³-hybridized carbons (Fsp3) is 0.500. The van der Waals surface area contributed by atoms with E-state index in [9.17, 15) is 13.2 Å². The van der Waals surface area contributed by atoms with Crippen molar-refractivity contribution >= 4 is 27.5 Å². The van der Waals surface area contributed by atoms with E-state index in [0.717, 1.165) is 6.42 Å². The lowest BCUT2D eigenvalue weighted by molar-refractivity contribution is 0.0882. The van der Waals surface area contributed by atoms with E-state index >= 15 is 0 Å². The number of ether oxygens (including phenoxy) is 2. The van der Waals surface area contributed by atoms with Crippen LogP contribution in [0.15, 0.2) is 11.0 Å². The van der Waals surface area contributed by atoms with Gasteiger partial charge < -0.3 is 9.47 Å². The van der Waals surface area contributed by atoms with Gasteiger partial charge in [0.15, 0.2) is 0 Å². The first-order valence-electron chi connectivity index (χ1n) is 6.93. The summed E-state index contributed by atoms with van der Waals surface area (Å²) in [5, 5.41) is 0. The number of nitrogens with zero attached hydrogens (tertiary/aromatic N) is 1. The first kappa shape index (κ1) is 16.9. The summed E-state index contributed by atoms with van der Waals surface area (Å²) in [5.41, 5.74) is 0.694. The number of hydrogen-bond donors (Lipinski definition) is 0. The SMILES string of the molecule is CCCc1cc(OCC)c2c(c1OC)S(=O)(=O)N(CCl)C2=O. The average molecular weight is 348 g/mol. The van der Waals surface area contributed by atoms with Crippen LogP contribution in [0.4, 0.5) is 0 Å². The Labute approximate surface area is 135 Å². The number of aryl methyl sites for hydroxylation is 1. The third-order valence-electron chi connectivity index (χ3n) is 3.40. The number of methoxy groups -OCH3 is 1. The van der Waals surface area contributed by atoms with Gasteiger partial charge in [-0.15, -0.1) is 11.6 Å². The maximum Gasteiger partial charge on any atom is 0.274 e. The van der Waals surface area contributed by atoms with Gasteiger partial charge in [-0.3, -0.25) is 4.79 Å². The van der Waals surface area contributed by atoms with Crippen molar-refractivity contribution in [3.05, 3.63) is 17.2 Å². The van der Waals surface area contributed by atoms with Crippen LogP contribution < -0.4 is 9.47 Å². The van der Waals surface area contributed by atoms with Gasteiger partial charge in [0.2, 0.25) is 0 Å². The summed E-state index contributed by atoms with van der Waals surface area (Å²) in [7, 11) is -2.64. The first-order chi connectivity index (χ1) is 10.4. The molecule has 0 aliphatic carbocycles. The highest BCUT2D eigenvalue weighted by molar-refractivity contribution is 7.90. The van der Waals surface area contributed by atoms with Crippen molar-refractivity contribution in [3.8, 4) is 11.5 Å². The third-order valence-corrected chi connectivity index (χ3v) is 5.56. The van der Waals surface area contributed by atoms with Crippen LogP contribution in [0.2, 0.25) is 0 Å². The maximum absolute atomic E-state index is 12.6. The van der Waals surface area contributed by atoms with Crippen LogP contribution in [0.25, 0.3) is 0 Å². The number of alkyl halides is 1. The predicted molar refractivity (Wildman–Crippen MR) is 82.2 cm³/mol. The zero-order chi connectivity index (χ0) is 16.5. The van der Waals surface area contributed by atoms with Crippen LogP contribution in [-0.4, -0.2) is 38.4 Å². The van der Waals surface area contributed by atoms with Crippen molar-refractivity contribution in [3.63, 3.8) is 0 Å². The second-order valence-electron chi connectivity index (χ2n) is 4.73. The summed E-state index contributed by atoms with van der Waals surface area (Å²) in [5.74, 6) is -0.237. The van der Waals surface area contributed by atoms with Crippen LogP contribution in [0.1, 0.15) is 36.2 Å². The number of fused-ring (bicyclic) bond motifs is 1. The van der Waals surface area contributed by atoms with Gasteiger partial charge in [-0.1, -0.05) is 13.3 Å². The first-order valence-corrected chi connectivity index (χ1v) is 8.91. The van der Waals surface area contributed by atoms with E-state index in [1.165, 1.54) is 7.11 Å². The van der Waals surface area contributed by atoms with Gasteiger partial charge >= 0.3 is 0 Å². The molecule has 1 aliphatic heterocycles. The van der Waals surface area contributed by atoms with Crippen LogP contribution in [0.5, 0.6) is 11.5 Å². The molecule has 22 heavy (non-hydrogen) atoms. The quantitative estimate of drug-likeness (QED) is 0.583. The number of rotatable bonds is 6. The molecule has 0 fully saturated rings. The fourth-order valence-corrected chi connectivity index (χ4v) is 4.57. The van der Waals surface area contributed by atoms with Crippen LogP contribution in [0.3, 0.4) is 0 Å². The molecule has 122 valence electrons. The summed E-state index contributed by atoms with van der Waals surface area (Å²) >= 11 is 5.65. The molecule has 0 unspecified atom stereocenters. The molecule has 1 aromatic rings. The molecule has 0 radical (unpaired) electrons. The summed E-state index contributed by atoms with van der Waals surface area (Å²) in [6.45, 7) is 4.06. The Bertz CT molecular complexity index is 702. The molecule has 0 saturated carbocycles. The van der Waals surface area contributed by atoms with Crippen molar-refractivity contribution in [1.82, 2.24) is 4.31 Å². The topological polar surface area (TPSA) is 72.9 Å². The van der Waals surface area contributed by atoms with Gasteiger partial charge in [-0.25, -0.2) is 12.7 Å². The molecule has 0 atom stereocenters. The molecule has 2 rings (SSSR count). The number of halogens is 1. The zero-order valence-electron chi connectivity index (χ0n) is 12.7. The summed E-state index contributed by atoms with van der Waals surface area (Å²) in [6, 6.07) is 1.23. The molecule has 8 heteroatoms. The number of benzene rings is 1. The van der Waals surface area contributed by atoms with Crippen molar-refractivity contribution in [2.45, 2.75) is 31.6 Å². The summed E-state index contributed by atoms with van der Waals surface area (Å²) in [4.78, 5) is 12.3. The Morgan fingerprint density at radius 2 is 2.00 bits per heavy atom. The average Bonchev–Trinajstić information content (AvgIpc) is 2.67.